The number of rotatable bonds is 5. The van der Waals surface area contributed by atoms with Crippen molar-refractivity contribution in [1.29, 1.82) is 0 Å². The molecule has 4 aliphatic carbocycles. The molecule has 4 bridgehead atoms. The predicted molar refractivity (Wildman–Crippen MR) is 162 cm³/mol. The van der Waals surface area contributed by atoms with Crippen LogP contribution < -0.4 is 19.1 Å². The molecular formula is C35H34N2O7. The Morgan fingerprint density at radius 3 is 2.18 bits per heavy atom. The SMILES string of the molecule is CN1c2ccc(OC(=O)C3CC4C=CC3C4)cc2C(C)(C)[C@@]12C=Cc1cc([N+](=O)[O-])cc(OC(=O)C3CC4C=CC3C4)c1O2. The maximum absolute atomic E-state index is 13.4. The van der Waals surface area contributed by atoms with E-state index in [1.165, 1.54) is 12.1 Å². The Bertz CT molecular complexity index is 1720. The number of allylic oxidation sites excluding steroid dienone is 4. The third-order valence-electron chi connectivity index (χ3n) is 11.0. The largest absolute Gasteiger partial charge is 0.459 e. The molecule has 0 amide bonds. The summed E-state index contributed by atoms with van der Waals surface area (Å²) in [5.41, 5.74) is 0.410. The van der Waals surface area contributed by atoms with Crippen LogP contribution in [0.4, 0.5) is 11.4 Å². The number of nitrogens with zero attached hydrogens (tertiary/aromatic N) is 2. The number of fused-ring (bicyclic) bond motifs is 6. The average Bonchev–Trinajstić information content (AvgIpc) is 3.84. The molecule has 0 N–H and O–H groups in total. The number of non-ortho nitro benzene ring substituents is 1. The fraction of sp³-hybridized carbons (Fsp3) is 0.429. The van der Waals surface area contributed by atoms with Crippen molar-refractivity contribution in [2.24, 2.45) is 35.5 Å². The van der Waals surface area contributed by atoms with E-state index in [0.717, 1.165) is 36.9 Å². The predicted octanol–water partition coefficient (Wildman–Crippen LogP) is 6.36. The van der Waals surface area contributed by atoms with Crippen LogP contribution in [0.5, 0.6) is 17.2 Å². The van der Waals surface area contributed by atoms with E-state index in [9.17, 15) is 19.7 Å². The van der Waals surface area contributed by atoms with Crippen LogP contribution >= 0.6 is 0 Å². The third kappa shape index (κ3) is 3.84. The van der Waals surface area contributed by atoms with E-state index in [1.54, 1.807) is 6.08 Å². The molecule has 2 aromatic rings. The number of carbonyl (C=O) groups excluding carboxylic acids is 2. The Balaban J connectivity index is 1.11. The van der Waals surface area contributed by atoms with Crippen LogP contribution in [0.3, 0.4) is 0 Å². The summed E-state index contributed by atoms with van der Waals surface area (Å²) in [6.45, 7) is 4.10. The molecule has 2 aliphatic heterocycles. The summed E-state index contributed by atoms with van der Waals surface area (Å²) >= 11 is 0. The topological polar surface area (TPSA) is 108 Å². The fourth-order valence-electron chi connectivity index (χ4n) is 8.57. The molecule has 9 nitrogen and oxygen atoms in total. The van der Waals surface area contributed by atoms with Gasteiger partial charge < -0.3 is 19.1 Å². The van der Waals surface area contributed by atoms with Crippen LogP contribution in [-0.4, -0.2) is 29.6 Å². The number of likely N-dealkylation sites (N-methyl/N-ethyl adjacent to an activating group) is 1. The summed E-state index contributed by atoms with van der Waals surface area (Å²) in [5.74, 6) is 1.08. The lowest BCUT2D eigenvalue weighted by molar-refractivity contribution is -0.385. The second-order valence-corrected chi connectivity index (χ2v) is 13.7. The zero-order chi connectivity index (χ0) is 30.5. The minimum absolute atomic E-state index is 0.0457. The molecule has 9 heteroatoms. The molecule has 6 aliphatic rings. The fourth-order valence-corrected chi connectivity index (χ4v) is 8.57. The van der Waals surface area contributed by atoms with Crippen LogP contribution in [0.1, 0.15) is 50.7 Å². The Kier molecular flexibility index (Phi) is 5.74. The summed E-state index contributed by atoms with van der Waals surface area (Å²) in [6.07, 6.45) is 15.8. The highest BCUT2D eigenvalue weighted by Crippen LogP contribution is 2.57. The number of esters is 2. The van der Waals surface area contributed by atoms with E-state index in [1.807, 2.05) is 36.2 Å². The van der Waals surface area contributed by atoms with Crippen molar-refractivity contribution < 1.29 is 28.7 Å². The Morgan fingerprint density at radius 2 is 1.59 bits per heavy atom. The molecular weight excluding hydrogens is 560 g/mol. The summed E-state index contributed by atoms with van der Waals surface area (Å²) < 4.78 is 18.7. The number of nitro benzene ring substituents is 1. The maximum Gasteiger partial charge on any atom is 0.315 e. The van der Waals surface area contributed by atoms with Crippen LogP contribution in [0.15, 0.2) is 60.7 Å². The summed E-state index contributed by atoms with van der Waals surface area (Å²) in [6, 6.07) is 8.37. The van der Waals surface area contributed by atoms with Crippen molar-refractivity contribution >= 4 is 29.4 Å². The van der Waals surface area contributed by atoms with Crippen molar-refractivity contribution in [1.82, 2.24) is 0 Å². The zero-order valence-electron chi connectivity index (χ0n) is 24.9. The normalized spacial score (nSPS) is 32.6. The van der Waals surface area contributed by atoms with E-state index in [0.29, 0.717) is 23.1 Å². The van der Waals surface area contributed by atoms with Gasteiger partial charge in [0.25, 0.3) is 5.69 Å². The van der Waals surface area contributed by atoms with Crippen LogP contribution in [0, 0.1) is 45.6 Å². The van der Waals surface area contributed by atoms with Gasteiger partial charge in [0.05, 0.1) is 28.2 Å². The van der Waals surface area contributed by atoms with Crippen molar-refractivity contribution in [3.05, 3.63) is 82.0 Å². The monoisotopic (exact) mass is 594 g/mol. The van der Waals surface area contributed by atoms with Crippen molar-refractivity contribution in [3.63, 3.8) is 0 Å². The molecule has 2 saturated carbocycles. The second-order valence-electron chi connectivity index (χ2n) is 13.7. The lowest BCUT2D eigenvalue weighted by Gasteiger charge is -2.45. The molecule has 226 valence electrons. The van der Waals surface area contributed by atoms with Gasteiger partial charge in [-0.3, -0.25) is 19.7 Å². The van der Waals surface area contributed by atoms with E-state index >= 15 is 0 Å². The quantitative estimate of drug-likeness (QED) is 0.129. The molecule has 6 unspecified atom stereocenters. The zero-order valence-corrected chi connectivity index (χ0v) is 24.9. The number of hydrogen-bond acceptors (Lipinski definition) is 8. The lowest BCUT2D eigenvalue weighted by Crippen LogP contribution is -2.58. The van der Waals surface area contributed by atoms with Gasteiger partial charge >= 0.3 is 11.9 Å². The van der Waals surface area contributed by atoms with E-state index in [4.69, 9.17) is 14.2 Å². The van der Waals surface area contributed by atoms with Gasteiger partial charge in [0.2, 0.25) is 5.72 Å². The third-order valence-corrected chi connectivity index (χ3v) is 11.0. The average molecular weight is 595 g/mol. The Hall–Kier alpha value is -4.40. The van der Waals surface area contributed by atoms with Crippen molar-refractivity contribution in [3.8, 4) is 17.2 Å². The summed E-state index contributed by atoms with van der Waals surface area (Å²) in [7, 11) is 1.93. The van der Waals surface area contributed by atoms with Crippen molar-refractivity contribution in [2.45, 2.75) is 50.7 Å². The van der Waals surface area contributed by atoms with Gasteiger partial charge in [0.15, 0.2) is 11.5 Å². The second kappa shape index (κ2) is 9.30. The van der Waals surface area contributed by atoms with Gasteiger partial charge in [0, 0.05) is 24.4 Å². The molecule has 1 spiro atoms. The minimum atomic E-state index is -1.05. The van der Waals surface area contributed by atoms with E-state index in [2.05, 4.69) is 38.2 Å². The van der Waals surface area contributed by atoms with Crippen LogP contribution in [-0.2, 0) is 15.0 Å². The maximum atomic E-state index is 13.4. The van der Waals surface area contributed by atoms with E-state index < -0.39 is 22.0 Å². The van der Waals surface area contributed by atoms with Gasteiger partial charge in [-0.05, 0) is 99.1 Å². The lowest BCUT2D eigenvalue weighted by atomic mass is 9.76. The van der Waals surface area contributed by atoms with Gasteiger partial charge in [-0.15, -0.1) is 0 Å². The number of nitro groups is 1. The first-order valence-corrected chi connectivity index (χ1v) is 15.4. The molecule has 2 heterocycles. The molecule has 0 aromatic heterocycles. The van der Waals surface area contributed by atoms with Gasteiger partial charge in [0.1, 0.15) is 5.75 Å². The first-order chi connectivity index (χ1) is 21.0. The number of ether oxygens (including phenoxy) is 3. The number of hydrogen-bond donors (Lipinski definition) is 0. The molecule has 8 rings (SSSR count). The standard InChI is InChI=1S/C35H34N2O7/c1-34(2)28-18-25(42-32(38)26-14-19-4-6-21(26)12-19)8-9-29(28)36(3)35(34)11-10-23-16-24(37(40)41)17-30(31(23)44-35)43-33(39)27-15-20-5-7-22(27)13-20/h4-11,16-22,26-27H,12-15H2,1-3H3/t19?,20?,21?,22?,26?,27?,35-/m0/s1. The highest BCUT2D eigenvalue weighted by molar-refractivity contribution is 5.81. The Labute approximate surface area is 255 Å². The molecule has 44 heavy (non-hydrogen) atoms. The smallest absolute Gasteiger partial charge is 0.315 e. The molecule has 2 fully saturated rings. The van der Waals surface area contributed by atoms with Crippen LogP contribution in [0.2, 0.25) is 0 Å². The van der Waals surface area contributed by atoms with Gasteiger partial charge in [-0.1, -0.05) is 24.3 Å². The van der Waals surface area contributed by atoms with Gasteiger partial charge in [-0.25, -0.2) is 0 Å². The van der Waals surface area contributed by atoms with Crippen LogP contribution in [0.25, 0.3) is 6.08 Å². The first-order valence-electron chi connectivity index (χ1n) is 15.4. The number of carbonyl (C=O) groups is 2. The van der Waals surface area contributed by atoms with E-state index in [-0.39, 0.29) is 46.8 Å². The van der Waals surface area contributed by atoms with Crippen molar-refractivity contribution in [2.75, 3.05) is 11.9 Å². The first kappa shape index (κ1) is 27.2. The molecule has 7 atom stereocenters. The summed E-state index contributed by atoms with van der Waals surface area (Å²) in [5, 5.41) is 11.8. The molecule has 0 saturated heterocycles. The molecule has 2 aromatic carbocycles. The molecule has 0 radical (unpaired) electrons. The highest BCUT2D eigenvalue weighted by atomic mass is 16.6. The minimum Gasteiger partial charge on any atom is -0.459 e. The van der Waals surface area contributed by atoms with Gasteiger partial charge in [-0.2, -0.15) is 0 Å². The Morgan fingerprint density at radius 1 is 0.932 bits per heavy atom. The number of benzene rings is 2. The highest BCUT2D eigenvalue weighted by Gasteiger charge is 2.58. The summed E-state index contributed by atoms with van der Waals surface area (Å²) in [4.78, 5) is 39.8. The number of anilines is 1.